The summed E-state index contributed by atoms with van der Waals surface area (Å²) in [5, 5.41) is 1.17. The molecular formula is C31H34FN3O5. The normalized spacial score (nSPS) is 18.1. The van der Waals surface area contributed by atoms with Crippen LogP contribution in [0.1, 0.15) is 30.5 Å². The zero-order valence-electron chi connectivity index (χ0n) is 23.1. The van der Waals surface area contributed by atoms with E-state index in [-0.39, 0.29) is 44.1 Å². The highest BCUT2D eigenvalue weighted by atomic mass is 19.1. The quantitative estimate of drug-likeness (QED) is 0.381. The fraction of sp³-hybridized carbons (Fsp3) is 0.387. The molecule has 0 fully saturated rings. The predicted molar refractivity (Wildman–Crippen MR) is 149 cm³/mol. The molecule has 0 saturated heterocycles. The zero-order chi connectivity index (χ0) is 28.4. The molecule has 1 aromatic heterocycles. The van der Waals surface area contributed by atoms with Crippen molar-refractivity contribution >= 4 is 34.3 Å². The number of halogens is 1. The molecular weight excluding hydrogens is 513 g/mol. The van der Waals surface area contributed by atoms with E-state index in [1.807, 2.05) is 19.2 Å². The third-order valence-electron chi connectivity index (χ3n) is 7.67. The van der Waals surface area contributed by atoms with Gasteiger partial charge in [-0.05, 0) is 53.9 Å². The molecule has 8 nitrogen and oxygen atoms in total. The molecule has 3 aromatic rings. The molecule has 210 valence electrons. The summed E-state index contributed by atoms with van der Waals surface area (Å²) in [4.78, 5) is 40.1. The van der Waals surface area contributed by atoms with E-state index >= 15 is 0 Å². The first-order valence-corrected chi connectivity index (χ1v) is 13.5. The Morgan fingerprint density at radius 1 is 1.02 bits per heavy atom. The minimum atomic E-state index is -0.412. The molecule has 1 amide bonds. The van der Waals surface area contributed by atoms with Gasteiger partial charge < -0.3 is 18.9 Å². The number of carbonyl (C=O) groups excluding carboxylic acids is 3. The summed E-state index contributed by atoms with van der Waals surface area (Å²) in [6.07, 6.45) is 5.07. The fourth-order valence-electron chi connectivity index (χ4n) is 5.91. The summed E-state index contributed by atoms with van der Waals surface area (Å²) in [5.41, 5.74) is 5.45. The van der Waals surface area contributed by atoms with Gasteiger partial charge in [0.05, 0.1) is 19.0 Å². The van der Waals surface area contributed by atoms with Crippen molar-refractivity contribution in [2.45, 2.75) is 32.9 Å². The monoisotopic (exact) mass is 547 g/mol. The highest BCUT2D eigenvalue weighted by molar-refractivity contribution is 5.99. The molecule has 0 bridgehead atoms. The van der Waals surface area contributed by atoms with Crippen LogP contribution in [-0.2, 0) is 36.8 Å². The maximum atomic E-state index is 13.8. The van der Waals surface area contributed by atoms with Crippen LogP contribution in [0.3, 0.4) is 0 Å². The van der Waals surface area contributed by atoms with Gasteiger partial charge in [-0.15, -0.1) is 0 Å². The zero-order valence-corrected chi connectivity index (χ0v) is 23.1. The number of esters is 2. The van der Waals surface area contributed by atoms with Crippen molar-refractivity contribution in [2.24, 2.45) is 5.92 Å². The second-order valence-corrected chi connectivity index (χ2v) is 10.5. The summed E-state index contributed by atoms with van der Waals surface area (Å²) in [7, 11) is 2.04. The average Bonchev–Trinajstić information content (AvgIpc) is 3.25. The summed E-state index contributed by atoms with van der Waals surface area (Å²) < 4.78 is 26.2. The van der Waals surface area contributed by atoms with E-state index < -0.39 is 17.9 Å². The van der Waals surface area contributed by atoms with Gasteiger partial charge in [-0.2, -0.15) is 0 Å². The van der Waals surface area contributed by atoms with E-state index in [4.69, 9.17) is 9.47 Å². The Morgan fingerprint density at radius 2 is 1.73 bits per heavy atom. The minimum absolute atomic E-state index is 0.0738. The molecule has 0 spiro atoms. The highest BCUT2D eigenvalue weighted by Crippen LogP contribution is 2.42. The van der Waals surface area contributed by atoms with Crippen LogP contribution in [0.15, 0.2) is 54.7 Å². The lowest BCUT2D eigenvalue weighted by atomic mass is 9.79. The molecule has 2 atom stereocenters. The van der Waals surface area contributed by atoms with E-state index in [1.54, 1.807) is 17.0 Å². The molecule has 1 aliphatic heterocycles. The van der Waals surface area contributed by atoms with Gasteiger partial charge in [0.15, 0.2) is 0 Å². The second-order valence-electron chi connectivity index (χ2n) is 10.5. The number of hydrogen-bond acceptors (Lipinski definition) is 6. The first-order valence-electron chi connectivity index (χ1n) is 13.5. The van der Waals surface area contributed by atoms with Crippen LogP contribution in [0.5, 0.6) is 0 Å². The summed E-state index contributed by atoms with van der Waals surface area (Å²) in [5.74, 6) is -1.58. The van der Waals surface area contributed by atoms with Crippen LogP contribution in [0.25, 0.3) is 16.5 Å². The molecule has 0 unspecified atom stereocenters. The third-order valence-corrected chi connectivity index (χ3v) is 7.67. The van der Waals surface area contributed by atoms with E-state index in [2.05, 4.69) is 33.9 Å². The third kappa shape index (κ3) is 5.79. The van der Waals surface area contributed by atoms with Gasteiger partial charge in [0.1, 0.15) is 19.0 Å². The molecule has 9 heteroatoms. The van der Waals surface area contributed by atoms with Crippen LogP contribution < -0.4 is 0 Å². The molecule has 5 rings (SSSR count). The lowest BCUT2D eigenvalue weighted by molar-refractivity contribution is -0.146. The van der Waals surface area contributed by atoms with Gasteiger partial charge in [0.2, 0.25) is 5.91 Å². The van der Waals surface area contributed by atoms with Crippen molar-refractivity contribution in [3.05, 3.63) is 77.2 Å². The molecule has 1 aliphatic carbocycles. The lowest BCUT2D eigenvalue weighted by Gasteiger charge is -2.40. The SMILES string of the molecule is CC(=O)OCCN(CCOC(C)=O)C(=O)[C@@H]1C=C2c3cccc4c3c(cn4Cc3cccc(F)c3)C[C@H]2N(C)C1. The number of aromatic nitrogens is 1. The van der Waals surface area contributed by atoms with Gasteiger partial charge in [-0.3, -0.25) is 19.3 Å². The van der Waals surface area contributed by atoms with Crippen molar-refractivity contribution in [2.75, 3.05) is 39.9 Å². The maximum Gasteiger partial charge on any atom is 0.302 e. The second kappa shape index (κ2) is 11.6. The van der Waals surface area contributed by atoms with Crippen LogP contribution in [0, 0.1) is 11.7 Å². The molecule has 0 N–H and O–H groups in total. The predicted octanol–water partition coefficient (Wildman–Crippen LogP) is 3.65. The van der Waals surface area contributed by atoms with Crippen LogP contribution in [-0.4, -0.2) is 78.2 Å². The standard InChI is InChI=1S/C31H34FN3O5/c1-20(36)39-12-10-34(11-13-40-21(2)37)31(38)24-15-27-26-8-5-9-28-30(26)23(16-29(27)33(3)18-24)19-35(28)17-22-6-4-7-25(32)14-22/h4-9,14-15,19,24,29H,10-13,16-18H2,1-3H3/t24-,29-/m1/s1. The Labute approximate surface area is 232 Å². The largest absolute Gasteiger partial charge is 0.464 e. The van der Waals surface area contributed by atoms with Gasteiger partial charge in [-0.1, -0.05) is 30.3 Å². The Hall–Kier alpha value is -3.98. The molecule has 2 aromatic carbocycles. The number of likely N-dealkylation sites (N-methyl/N-ethyl adjacent to an activating group) is 1. The average molecular weight is 548 g/mol. The maximum absolute atomic E-state index is 13.8. The van der Waals surface area contributed by atoms with Crippen molar-refractivity contribution in [3.63, 3.8) is 0 Å². The van der Waals surface area contributed by atoms with E-state index in [0.717, 1.165) is 28.6 Å². The Balaban J connectivity index is 1.44. The number of ether oxygens (including phenoxy) is 2. The number of rotatable bonds is 9. The van der Waals surface area contributed by atoms with Gasteiger partial charge >= 0.3 is 11.9 Å². The van der Waals surface area contributed by atoms with Gasteiger partial charge in [-0.25, -0.2) is 4.39 Å². The highest BCUT2D eigenvalue weighted by Gasteiger charge is 2.37. The lowest BCUT2D eigenvalue weighted by Crippen LogP contribution is -2.48. The summed E-state index contributed by atoms with van der Waals surface area (Å²) >= 11 is 0. The first-order chi connectivity index (χ1) is 19.2. The molecule has 2 heterocycles. The van der Waals surface area contributed by atoms with Crippen molar-refractivity contribution in [1.82, 2.24) is 14.4 Å². The minimum Gasteiger partial charge on any atom is -0.464 e. The van der Waals surface area contributed by atoms with Crippen molar-refractivity contribution in [3.8, 4) is 0 Å². The molecule has 0 saturated carbocycles. The topological polar surface area (TPSA) is 81.1 Å². The molecule has 40 heavy (non-hydrogen) atoms. The van der Waals surface area contributed by atoms with Crippen LogP contribution >= 0.6 is 0 Å². The number of amides is 1. The van der Waals surface area contributed by atoms with E-state index in [9.17, 15) is 18.8 Å². The number of carbonyl (C=O) groups is 3. The van der Waals surface area contributed by atoms with Crippen LogP contribution in [0.4, 0.5) is 4.39 Å². The molecule has 0 radical (unpaired) electrons. The smallest absolute Gasteiger partial charge is 0.302 e. The van der Waals surface area contributed by atoms with Gasteiger partial charge in [0, 0.05) is 50.1 Å². The van der Waals surface area contributed by atoms with E-state index in [1.165, 1.54) is 30.9 Å². The molecule has 2 aliphatic rings. The number of benzene rings is 2. The van der Waals surface area contributed by atoms with Gasteiger partial charge in [0.25, 0.3) is 0 Å². The number of nitrogens with zero attached hydrogens (tertiary/aromatic N) is 3. The Bertz CT molecular complexity index is 1460. The Kier molecular flexibility index (Phi) is 8.02. The number of hydrogen-bond donors (Lipinski definition) is 0. The Morgan fingerprint density at radius 3 is 2.40 bits per heavy atom. The summed E-state index contributed by atoms with van der Waals surface area (Å²) in [6.45, 7) is 4.35. The first kappa shape index (κ1) is 27.6. The van der Waals surface area contributed by atoms with Crippen molar-refractivity contribution < 1.29 is 28.2 Å². The van der Waals surface area contributed by atoms with E-state index in [0.29, 0.717) is 13.1 Å². The fourth-order valence-corrected chi connectivity index (χ4v) is 5.91. The van der Waals surface area contributed by atoms with Crippen molar-refractivity contribution in [1.29, 1.82) is 0 Å². The van der Waals surface area contributed by atoms with Crippen LogP contribution in [0.2, 0.25) is 0 Å². The number of fused-ring (bicyclic) bond motifs is 2. The summed E-state index contributed by atoms with van der Waals surface area (Å²) in [6, 6.07) is 13.0.